The third-order valence-electron chi connectivity index (χ3n) is 3.19. The number of pyridine rings is 2. The molecule has 0 unspecified atom stereocenters. The molecule has 0 aromatic carbocycles. The van der Waals surface area contributed by atoms with E-state index >= 15 is 0 Å². The number of aromatic nitrogens is 3. The van der Waals surface area contributed by atoms with Gasteiger partial charge in [-0.15, -0.1) is 0 Å². The van der Waals surface area contributed by atoms with Gasteiger partial charge < -0.3 is 14.8 Å². The Kier molecular flexibility index (Phi) is 3.59. The van der Waals surface area contributed by atoms with E-state index in [4.69, 9.17) is 4.74 Å². The molecule has 3 rings (SSSR count). The van der Waals surface area contributed by atoms with Crippen LogP contribution in [0, 0.1) is 0 Å². The third kappa shape index (κ3) is 2.74. The zero-order valence-electron chi connectivity index (χ0n) is 11.4. The lowest BCUT2D eigenvalue weighted by atomic mass is 9.81. The van der Waals surface area contributed by atoms with Gasteiger partial charge in [-0.2, -0.15) is 0 Å². The lowest BCUT2D eigenvalue weighted by Crippen LogP contribution is -2.30. The Morgan fingerprint density at radius 3 is 2.76 bits per heavy atom. The summed E-state index contributed by atoms with van der Waals surface area (Å²) < 4.78 is 7.64. The average molecular weight is 283 g/mol. The number of fused-ring (bicyclic) bond motifs is 1. The SMILES string of the molecule is C[C@@H](Oc1cc(B(O)O)cc2nccn12)c1ccccn1. The van der Waals surface area contributed by atoms with Crippen LogP contribution < -0.4 is 10.2 Å². The Morgan fingerprint density at radius 1 is 1.19 bits per heavy atom. The van der Waals surface area contributed by atoms with E-state index in [0.717, 1.165) is 5.69 Å². The van der Waals surface area contributed by atoms with Crippen LogP contribution in [0.1, 0.15) is 18.7 Å². The highest BCUT2D eigenvalue weighted by Crippen LogP contribution is 2.20. The first kappa shape index (κ1) is 13.6. The van der Waals surface area contributed by atoms with Crippen molar-refractivity contribution >= 4 is 18.2 Å². The van der Waals surface area contributed by atoms with Crippen LogP contribution in [-0.2, 0) is 0 Å². The minimum Gasteiger partial charge on any atom is -0.469 e. The van der Waals surface area contributed by atoms with Crippen LogP contribution >= 0.6 is 0 Å². The van der Waals surface area contributed by atoms with Gasteiger partial charge in [-0.3, -0.25) is 9.38 Å². The fourth-order valence-electron chi connectivity index (χ4n) is 2.11. The van der Waals surface area contributed by atoms with E-state index in [9.17, 15) is 10.0 Å². The van der Waals surface area contributed by atoms with E-state index < -0.39 is 7.12 Å². The quantitative estimate of drug-likeness (QED) is 0.683. The molecule has 3 heterocycles. The summed E-state index contributed by atoms with van der Waals surface area (Å²) in [6, 6.07) is 8.79. The molecule has 0 amide bonds. The summed E-state index contributed by atoms with van der Waals surface area (Å²) >= 11 is 0. The fraction of sp³-hybridized carbons (Fsp3) is 0.143. The summed E-state index contributed by atoms with van der Waals surface area (Å²) in [6.45, 7) is 1.88. The Morgan fingerprint density at radius 2 is 2.05 bits per heavy atom. The second kappa shape index (κ2) is 5.55. The first-order chi connectivity index (χ1) is 10.1. The minimum atomic E-state index is -1.57. The lowest BCUT2D eigenvalue weighted by Gasteiger charge is -2.16. The number of imidazole rings is 1. The Bertz CT molecular complexity index is 746. The molecule has 0 saturated heterocycles. The number of ether oxygens (including phenoxy) is 1. The van der Waals surface area contributed by atoms with Crippen LogP contribution in [0.15, 0.2) is 48.9 Å². The molecule has 21 heavy (non-hydrogen) atoms. The molecule has 0 aliphatic carbocycles. The Hall–Kier alpha value is -2.38. The molecule has 1 atom stereocenters. The summed E-state index contributed by atoms with van der Waals surface area (Å²) in [6.07, 6.45) is 4.81. The first-order valence-electron chi connectivity index (χ1n) is 6.56. The van der Waals surface area contributed by atoms with Crippen molar-refractivity contribution in [3.63, 3.8) is 0 Å². The zero-order valence-corrected chi connectivity index (χ0v) is 11.4. The summed E-state index contributed by atoms with van der Waals surface area (Å²) in [5, 5.41) is 18.7. The maximum atomic E-state index is 9.35. The van der Waals surface area contributed by atoms with E-state index in [2.05, 4.69) is 9.97 Å². The van der Waals surface area contributed by atoms with Crippen LogP contribution in [0.2, 0.25) is 0 Å². The highest BCUT2D eigenvalue weighted by Gasteiger charge is 2.17. The molecule has 0 aliphatic rings. The second-order valence-electron chi connectivity index (χ2n) is 4.67. The molecule has 0 bridgehead atoms. The molecular formula is C14H14BN3O3. The van der Waals surface area contributed by atoms with Gasteiger partial charge in [0, 0.05) is 18.6 Å². The van der Waals surface area contributed by atoms with Crippen molar-refractivity contribution in [3.05, 3.63) is 54.6 Å². The maximum absolute atomic E-state index is 9.35. The predicted octanol–water partition coefficient (Wildman–Crippen LogP) is 0.549. The van der Waals surface area contributed by atoms with Crippen molar-refractivity contribution in [3.8, 4) is 5.88 Å². The first-order valence-corrected chi connectivity index (χ1v) is 6.56. The Labute approximate surface area is 121 Å². The fourth-order valence-corrected chi connectivity index (χ4v) is 2.11. The molecule has 0 fully saturated rings. The summed E-state index contributed by atoms with van der Waals surface area (Å²) in [7, 11) is -1.57. The third-order valence-corrected chi connectivity index (χ3v) is 3.19. The normalized spacial score (nSPS) is 12.3. The van der Waals surface area contributed by atoms with Gasteiger partial charge >= 0.3 is 7.12 Å². The van der Waals surface area contributed by atoms with Gasteiger partial charge in [-0.05, 0) is 36.7 Å². The van der Waals surface area contributed by atoms with E-state index in [-0.39, 0.29) is 6.10 Å². The second-order valence-corrected chi connectivity index (χ2v) is 4.67. The highest BCUT2D eigenvalue weighted by molar-refractivity contribution is 6.58. The van der Waals surface area contributed by atoms with E-state index in [1.165, 1.54) is 0 Å². The van der Waals surface area contributed by atoms with Crippen molar-refractivity contribution < 1.29 is 14.8 Å². The maximum Gasteiger partial charge on any atom is 0.488 e. The Balaban J connectivity index is 1.97. The summed E-state index contributed by atoms with van der Waals surface area (Å²) in [4.78, 5) is 8.40. The number of rotatable bonds is 4. The average Bonchev–Trinajstić information content (AvgIpc) is 2.96. The smallest absolute Gasteiger partial charge is 0.469 e. The lowest BCUT2D eigenvalue weighted by molar-refractivity contribution is 0.210. The van der Waals surface area contributed by atoms with E-state index in [1.807, 2.05) is 25.1 Å². The molecule has 0 aliphatic heterocycles. The van der Waals surface area contributed by atoms with Gasteiger partial charge in [0.15, 0.2) is 5.88 Å². The molecule has 7 heteroatoms. The number of hydrogen-bond donors (Lipinski definition) is 2. The van der Waals surface area contributed by atoms with Crippen LogP contribution in [0.5, 0.6) is 5.88 Å². The molecule has 6 nitrogen and oxygen atoms in total. The monoisotopic (exact) mass is 283 g/mol. The van der Waals surface area contributed by atoms with Crippen LogP contribution in [-0.4, -0.2) is 31.5 Å². The van der Waals surface area contributed by atoms with Crippen LogP contribution in [0.3, 0.4) is 0 Å². The van der Waals surface area contributed by atoms with E-state index in [0.29, 0.717) is 17.0 Å². The molecule has 0 spiro atoms. The van der Waals surface area contributed by atoms with Gasteiger partial charge in [-0.1, -0.05) is 6.07 Å². The molecule has 3 aromatic heterocycles. The van der Waals surface area contributed by atoms with Crippen molar-refractivity contribution in [1.29, 1.82) is 0 Å². The predicted molar refractivity (Wildman–Crippen MR) is 78.3 cm³/mol. The van der Waals surface area contributed by atoms with Crippen molar-refractivity contribution in [2.75, 3.05) is 0 Å². The molecule has 3 aromatic rings. The van der Waals surface area contributed by atoms with Gasteiger partial charge in [0.05, 0.1) is 5.69 Å². The van der Waals surface area contributed by atoms with E-state index in [1.54, 1.807) is 35.1 Å². The van der Waals surface area contributed by atoms with Gasteiger partial charge in [0.2, 0.25) is 0 Å². The largest absolute Gasteiger partial charge is 0.488 e. The van der Waals surface area contributed by atoms with Gasteiger partial charge in [0.1, 0.15) is 11.8 Å². The van der Waals surface area contributed by atoms with Crippen LogP contribution in [0.25, 0.3) is 5.65 Å². The van der Waals surface area contributed by atoms with Gasteiger partial charge in [-0.25, -0.2) is 4.98 Å². The molecular weight excluding hydrogens is 269 g/mol. The number of hydrogen-bond acceptors (Lipinski definition) is 5. The highest BCUT2D eigenvalue weighted by atomic mass is 16.5. The van der Waals surface area contributed by atoms with Gasteiger partial charge in [0.25, 0.3) is 0 Å². The minimum absolute atomic E-state index is 0.275. The molecule has 0 radical (unpaired) electrons. The van der Waals surface area contributed by atoms with Crippen molar-refractivity contribution in [2.24, 2.45) is 0 Å². The standard InChI is InChI=1S/C14H14BN3O3/c1-10(12-4-2-3-5-16-12)21-14-9-11(15(19)20)8-13-17-6-7-18(13)14/h2-10,19-20H,1H3/t10-/m1/s1. The molecule has 2 N–H and O–H groups in total. The van der Waals surface area contributed by atoms with Crippen LogP contribution in [0.4, 0.5) is 0 Å². The van der Waals surface area contributed by atoms with Crippen molar-refractivity contribution in [1.82, 2.24) is 14.4 Å². The summed E-state index contributed by atoms with van der Waals surface area (Å²) in [5.41, 5.74) is 1.71. The molecule has 106 valence electrons. The number of nitrogens with zero attached hydrogens (tertiary/aromatic N) is 3. The zero-order chi connectivity index (χ0) is 14.8. The molecule has 0 saturated carbocycles. The summed E-state index contributed by atoms with van der Waals surface area (Å²) in [5.74, 6) is 0.478. The van der Waals surface area contributed by atoms with Crippen molar-refractivity contribution in [2.45, 2.75) is 13.0 Å². The topological polar surface area (TPSA) is 79.9 Å².